The smallest absolute Gasteiger partial charge is 0.0880 e. The van der Waals surface area contributed by atoms with Crippen LogP contribution in [0.1, 0.15) is 18.4 Å². The summed E-state index contributed by atoms with van der Waals surface area (Å²) in [5.41, 5.74) is 0.651. The van der Waals surface area contributed by atoms with Gasteiger partial charge in [0.2, 0.25) is 0 Å². The second-order valence-corrected chi connectivity index (χ2v) is 3.55. The molecule has 0 radical (unpaired) electrons. The lowest BCUT2D eigenvalue weighted by atomic mass is 9.76. The summed E-state index contributed by atoms with van der Waals surface area (Å²) in [6.45, 7) is 1.34. The van der Waals surface area contributed by atoms with Gasteiger partial charge >= 0.3 is 0 Å². The maximum atomic E-state index is 9.26. The topological polar surface area (TPSA) is 45.9 Å². The Morgan fingerprint density at radius 3 is 2.79 bits per heavy atom. The molecule has 0 spiro atoms. The van der Waals surface area contributed by atoms with Crippen molar-refractivity contribution in [2.24, 2.45) is 0 Å². The zero-order chi connectivity index (χ0) is 9.86. The van der Waals surface area contributed by atoms with Crippen LogP contribution in [0.4, 0.5) is 0 Å². The summed E-state index contributed by atoms with van der Waals surface area (Å²) >= 11 is 0. The largest absolute Gasteiger partial charge is 0.381 e. The third kappa shape index (κ3) is 1.49. The van der Waals surface area contributed by atoms with E-state index in [1.54, 1.807) is 12.4 Å². The highest BCUT2D eigenvalue weighted by Gasteiger charge is 2.34. The SMILES string of the molecule is N#CC1(c2cccnc2)CCOCC1. The molecule has 14 heavy (non-hydrogen) atoms. The van der Waals surface area contributed by atoms with Crippen LogP contribution in [0.2, 0.25) is 0 Å². The quantitative estimate of drug-likeness (QED) is 0.673. The minimum absolute atomic E-state index is 0.369. The molecular formula is C11H12N2O. The van der Waals surface area contributed by atoms with E-state index in [4.69, 9.17) is 4.74 Å². The third-order valence-corrected chi connectivity index (χ3v) is 2.77. The van der Waals surface area contributed by atoms with Crippen molar-refractivity contribution in [2.75, 3.05) is 13.2 Å². The van der Waals surface area contributed by atoms with Gasteiger partial charge in [0.05, 0.1) is 11.5 Å². The number of nitriles is 1. The molecule has 0 unspecified atom stereocenters. The average Bonchev–Trinajstić information content (AvgIpc) is 2.31. The number of rotatable bonds is 1. The molecule has 3 nitrogen and oxygen atoms in total. The summed E-state index contributed by atoms with van der Waals surface area (Å²) in [6, 6.07) is 6.27. The number of ether oxygens (including phenoxy) is 1. The molecule has 0 aromatic carbocycles. The molecule has 1 saturated heterocycles. The molecular weight excluding hydrogens is 176 g/mol. The monoisotopic (exact) mass is 188 g/mol. The highest BCUT2D eigenvalue weighted by atomic mass is 16.5. The van der Waals surface area contributed by atoms with Crippen LogP contribution in [-0.4, -0.2) is 18.2 Å². The van der Waals surface area contributed by atoms with E-state index in [0.717, 1.165) is 18.4 Å². The van der Waals surface area contributed by atoms with Gasteiger partial charge in [0, 0.05) is 25.6 Å². The van der Waals surface area contributed by atoms with Crippen LogP contribution >= 0.6 is 0 Å². The lowest BCUT2D eigenvalue weighted by Crippen LogP contribution is -2.32. The maximum Gasteiger partial charge on any atom is 0.0880 e. The molecule has 2 rings (SSSR count). The van der Waals surface area contributed by atoms with Crippen LogP contribution in [0.5, 0.6) is 0 Å². The summed E-state index contributed by atoms with van der Waals surface area (Å²) < 4.78 is 5.28. The Hall–Kier alpha value is -1.40. The Bertz CT molecular complexity index is 336. The average molecular weight is 188 g/mol. The molecule has 0 saturated carbocycles. The van der Waals surface area contributed by atoms with E-state index in [1.165, 1.54) is 0 Å². The van der Waals surface area contributed by atoms with Gasteiger partial charge in [0.1, 0.15) is 0 Å². The Morgan fingerprint density at radius 2 is 2.21 bits per heavy atom. The lowest BCUT2D eigenvalue weighted by molar-refractivity contribution is 0.0674. The van der Waals surface area contributed by atoms with E-state index >= 15 is 0 Å². The molecule has 0 bridgehead atoms. The minimum Gasteiger partial charge on any atom is -0.381 e. The third-order valence-electron chi connectivity index (χ3n) is 2.77. The fourth-order valence-corrected chi connectivity index (χ4v) is 1.83. The fraction of sp³-hybridized carbons (Fsp3) is 0.455. The van der Waals surface area contributed by atoms with Gasteiger partial charge in [-0.25, -0.2) is 0 Å². The van der Waals surface area contributed by atoms with Gasteiger partial charge in [-0.1, -0.05) is 6.07 Å². The summed E-state index contributed by atoms with van der Waals surface area (Å²) in [5, 5.41) is 9.26. The van der Waals surface area contributed by atoms with Gasteiger partial charge in [0.25, 0.3) is 0 Å². The molecule has 3 heteroatoms. The molecule has 2 heterocycles. The number of nitrogens with zero attached hydrogens (tertiary/aromatic N) is 2. The zero-order valence-corrected chi connectivity index (χ0v) is 7.94. The molecule has 1 aliphatic heterocycles. The van der Waals surface area contributed by atoms with Crippen molar-refractivity contribution in [3.8, 4) is 6.07 Å². The zero-order valence-electron chi connectivity index (χ0n) is 7.94. The first-order valence-corrected chi connectivity index (χ1v) is 4.77. The van der Waals surface area contributed by atoms with Crippen molar-refractivity contribution in [1.82, 2.24) is 4.98 Å². The molecule has 1 aliphatic rings. The first-order chi connectivity index (χ1) is 6.87. The second-order valence-electron chi connectivity index (χ2n) is 3.55. The van der Waals surface area contributed by atoms with E-state index < -0.39 is 0 Å². The van der Waals surface area contributed by atoms with Crippen molar-refractivity contribution in [3.05, 3.63) is 30.1 Å². The number of aromatic nitrogens is 1. The summed E-state index contributed by atoms with van der Waals surface area (Å²) in [7, 11) is 0. The maximum absolute atomic E-state index is 9.26. The van der Waals surface area contributed by atoms with Gasteiger partial charge in [0.15, 0.2) is 0 Å². The van der Waals surface area contributed by atoms with Gasteiger partial charge in [-0.15, -0.1) is 0 Å². The van der Waals surface area contributed by atoms with E-state index in [2.05, 4.69) is 11.1 Å². The Kier molecular flexibility index (Phi) is 2.47. The van der Waals surface area contributed by atoms with E-state index in [9.17, 15) is 5.26 Å². The molecule has 72 valence electrons. The van der Waals surface area contributed by atoms with Crippen LogP contribution in [0, 0.1) is 11.3 Å². The Labute approximate surface area is 83.3 Å². The highest BCUT2D eigenvalue weighted by molar-refractivity contribution is 5.30. The van der Waals surface area contributed by atoms with Crippen LogP contribution < -0.4 is 0 Å². The van der Waals surface area contributed by atoms with Crippen LogP contribution in [0.3, 0.4) is 0 Å². The fourth-order valence-electron chi connectivity index (χ4n) is 1.83. The predicted molar refractivity (Wildman–Crippen MR) is 51.6 cm³/mol. The summed E-state index contributed by atoms with van der Waals surface area (Å²) in [6.07, 6.45) is 5.06. The van der Waals surface area contributed by atoms with Gasteiger partial charge in [-0.2, -0.15) is 5.26 Å². The molecule has 1 aromatic heterocycles. The predicted octanol–water partition coefficient (Wildman–Crippen LogP) is 1.65. The summed E-state index contributed by atoms with van der Waals surface area (Å²) in [5.74, 6) is 0. The van der Waals surface area contributed by atoms with Crippen LogP contribution in [-0.2, 0) is 10.2 Å². The van der Waals surface area contributed by atoms with Crippen molar-refractivity contribution in [3.63, 3.8) is 0 Å². The molecule has 1 fully saturated rings. The van der Waals surface area contributed by atoms with Crippen molar-refractivity contribution in [1.29, 1.82) is 5.26 Å². The standard InChI is InChI=1S/C11H12N2O/c12-9-11(3-6-14-7-4-11)10-2-1-5-13-8-10/h1-2,5,8H,3-4,6-7H2. The van der Waals surface area contributed by atoms with Gasteiger partial charge in [-0.3, -0.25) is 4.98 Å². The minimum atomic E-state index is -0.369. The van der Waals surface area contributed by atoms with Crippen molar-refractivity contribution >= 4 is 0 Å². The number of hydrogen-bond acceptors (Lipinski definition) is 3. The number of hydrogen-bond donors (Lipinski definition) is 0. The highest BCUT2D eigenvalue weighted by Crippen LogP contribution is 2.33. The second kappa shape index (κ2) is 3.77. The van der Waals surface area contributed by atoms with Gasteiger partial charge < -0.3 is 4.74 Å². The van der Waals surface area contributed by atoms with Gasteiger partial charge in [-0.05, 0) is 24.5 Å². The van der Waals surface area contributed by atoms with Crippen molar-refractivity contribution in [2.45, 2.75) is 18.3 Å². The lowest BCUT2D eigenvalue weighted by Gasteiger charge is -2.30. The van der Waals surface area contributed by atoms with E-state index in [1.807, 2.05) is 12.1 Å². The summed E-state index contributed by atoms with van der Waals surface area (Å²) in [4.78, 5) is 4.06. The van der Waals surface area contributed by atoms with Crippen LogP contribution in [0.25, 0.3) is 0 Å². The van der Waals surface area contributed by atoms with Crippen LogP contribution in [0.15, 0.2) is 24.5 Å². The van der Waals surface area contributed by atoms with E-state index in [-0.39, 0.29) is 5.41 Å². The molecule has 0 N–H and O–H groups in total. The number of pyridine rings is 1. The molecule has 0 amide bonds. The molecule has 0 aliphatic carbocycles. The Morgan fingerprint density at radius 1 is 1.43 bits per heavy atom. The van der Waals surface area contributed by atoms with E-state index in [0.29, 0.717) is 13.2 Å². The first-order valence-electron chi connectivity index (χ1n) is 4.77. The van der Waals surface area contributed by atoms with Crippen molar-refractivity contribution < 1.29 is 4.74 Å². The molecule has 0 atom stereocenters. The normalized spacial score (nSPS) is 19.9. The Balaban J connectivity index is 2.33. The first kappa shape index (κ1) is 9.17. The molecule has 1 aromatic rings.